The Hall–Kier alpha value is -3.51. The van der Waals surface area contributed by atoms with Crippen LogP contribution in [0.4, 0.5) is 17.1 Å². The van der Waals surface area contributed by atoms with E-state index in [1.165, 1.54) is 7.11 Å². The molecular formula is C22H20ClN3O3. The fraction of sp³-hybridized carbons (Fsp3) is 0.0909. The van der Waals surface area contributed by atoms with Gasteiger partial charge in [0, 0.05) is 11.4 Å². The monoisotopic (exact) mass is 409 g/mol. The van der Waals surface area contributed by atoms with Crippen LogP contribution >= 0.6 is 11.6 Å². The van der Waals surface area contributed by atoms with Gasteiger partial charge in [-0.1, -0.05) is 41.9 Å². The largest absolute Gasteiger partial charge is 0.495 e. The zero-order valence-electron chi connectivity index (χ0n) is 15.7. The van der Waals surface area contributed by atoms with Gasteiger partial charge in [0.25, 0.3) is 5.91 Å². The molecule has 2 amide bonds. The highest BCUT2D eigenvalue weighted by atomic mass is 35.5. The first-order chi connectivity index (χ1) is 14.1. The molecule has 0 fully saturated rings. The average Bonchev–Trinajstić information content (AvgIpc) is 2.73. The molecule has 0 aliphatic heterocycles. The quantitative estimate of drug-likeness (QED) is 0.530. The summed E-state index contributed by atoms with van der Waals surface area (Å²) in [6, 6.07) is 21.1. The minimum absolute atomic E-state index is 0.0112. The molecule has 0 radical (unpaired) electrons. The standard InChI is InChI=1S/C22H20ClN3O3/c1-29-20-12-11-16(13-18(20)23)24-14-21(27)26-19-10-6-5-9-17(19)22(28)25-15-7-3-2-4-8-15/h2-13,24H,14H2,1H3,(H,25,28)(H,26,27). The zero-order chi connectivity index (χ0) is 20.6. The van der Waals surface area contributed by atoms with E-state index in [2.05, 4.69) is 16.0 Å². The highest BCUT2D eigenvalue weighted by molar-refractivity contribution is 6.32. The third-order valence-electron chi connectivity index (χ3n) is 4.08. The van der Waals surface area contributed by atoms with Crippen molar-refractivity contribution in [3.8, 4) is 5.75 Å². The van der Waals surface area contributed by atoms with E-state index in [0.717, 1.165) is 0 Å². The van der Waals surface area contributed by atoms with Gasteiger partial charge in [-0.05, 0) is 42.5 Å². The first-order valence-corrected chi connectivity index (χ1v) is 9.27. The summed E-state index contributed by atoms with van der Waals surface area (Å²) in [7, 11) is 1.53. The molecule has 0 spiro atoms. The van der Waals surface area contributed by atoms with E-state index in [1.807, 2.05) is 18.2 Å². The molecule has 3 N–H and O–H groups in total. The van der Waals surface area contributed by atoms with Gasteiger partial charge in [0.05, 0.1) is 29.9 Å². The Labute approximate surface area is 173 Å². The highest BCUT2D eigenvalue weighted by Crippen LogP contribution is 2.27. The predicted octanol–water partition coefficient (Wildman–Crippen LogP) is 4.65. The van der Waals surface area contributed by atoms with E-state index >= 15 is 0 Å². The van der Waals surface area contributed by atoms with Crippen LogP contribution in [-0.2, 0) is 4.79 Å². The predicted molar refractivity (Wildman–Crippen MR) is 116 cm³/mol. The molecule has 0 saturated heterocycles. The molecule has 29 heavy (non-hydrogen) atoms. The topological polar surface area (TPSA) is 79.5 Å². The van der Waals surface area contributed by atoms with Gasteiger partial charge in [-0.25, -0.2) is 0 Å². The summed E-state index contributed by atoms with van der Waals surface area (Å²) in [6.07, 6.45) is 0. The van der Waals surface area contributed by atoms with Crippen molar-refractivity contribution in [2.24, 2.45) is 0 Å². The molecule has 0 saturated carbocycles. The first-order valence-electron chi connectivity index (χ1n) is 8.89. The summed E-state index contributed by atoms with van der Waals surface area (Å²) in [4.78, 5) is 25.0. The number of amides is 2. The van der Waals surface area contributed by atoms with Gasteiger partial charge in [0.1, 0.15) is 5.75 Å². The summed E-state index contributed by atoms with van der Waals surface area (Å²) in [6.45, 7) is 0.0112. The maximum absolute atomic E-state index is 12.6. The van der Waals surface area contributed by atoms with E-state index in [1.54, 1.807) is 54.6 Å². The van der Waals surface area contributed by atoms with Crippen LogP contribution in [0.1, 0.15) is 10.4 Å². The van der Waals surface area contributed by atoms with Crippen LogP contribution in [0.15, 0.2) is 72.8 Å². The van der Waals surface area contributed by atoms with E-state index in [4.69, 9.17) is 16.3 Å². The van der Waals surface area contributed by atoms with Crippen molar-refractivity contribution >= 4 is 40.5 Å². The summed E-state index contributed by atoms with van der Waals surface area (Å²) in [5.74, 6) is -0.0427. The third kappa shape index (κ3) is 5.49. The highest BCUT2D eigenvalue weighted by Gasteiger charge is 2.13. The molecular weight excluding hydrogens is 390 g/mol. The number of benzene rings is 3. The minimum Gasteiger partial charge on any atom is -0.495 e. The van der Waals surface area contributed by atoms with Crippen molar-refractivity contribution in [2.45, 2.75) is 0 Å². The number of hydrogen-bond donors (Lipinski definition) is 3. The maximum Gasteiger partial charge on any atom is 0.257 e. The molecule has 3 aromatic carbocycles. The molecule has 148 valence electrons. The lowest BCUT2D eigenvalue weighted by molar-refractivity contribution is -0.114. The second kappa shape index (κ2) is 9.61. The fourth-order valence-electron chi connectivity index (χ4n) is 2.66. The smallest absolute Gasteiger partial charge is 0.257 e. The molecule has 7 heteroatoms. The molecule has 0 atom stereocenters. The van der Waals surface area contributed by atoms with E-state index in [9.17, 15) is 9.59 Å². The SMILES string of the molecule is COc1ccc(NCC(=O)Nc2ccccc2C(=O)Nc2ccccc2)cc1Cl. The van der Waals surface area contributed by atoms with Crippen LogP contribution in [0.5, 0.6) is 5.75 Å². The van der Waals surface area contributed by atoms with Crippen LogP contribution in [0.2, 0.25) is 5.02 Å². The van der Waals surface area contributed by atoms with Gasteiger partial charge < -0.3 is 20.7 Å². The van der Waals surface area contributed by atoms with Crippen LogP contribution < -0.4 is 20.7 Å². The number of nitrogens with one attached hydrogen (secondary N) is 3. The lowest BCUT2D eigenvalue weighted by atomic mass is 10.1. The number of rotatable bonds is 7. The molecule has 0 heterocycles. The molecule has 0 aliphatic carbocycles. The number of carbonyl (C=O) groups excluding carboxylic acids is 2. The second-order valence-electron chi connectivity index (χ2n) is 6.12. The number of hydrogen-bond acceptors (Lipinski definition) is 4. The van der Waals surface area contributed by atoms with E-state index < -0.39 is 0 Å². The number of carbonyl (C=O) groups is 2. The number of methoxy groups -OCH3 is 1. The Morgan fingerprint density at radius 2 is 1.62 bits per heavy atom. The first kappa shape index (κ1) is 20.2. The van der Waals surface area contributed by atoms with Crippen molar-refractivity contribution < 1.29 is 14.3 Å². The summed E-state index contributed by atoms with van der Waals surface area (Å²) in [5, 5.41) is 9.02. The van der Waals surface area contributed by atoms with Gasteiger partial charge in [0.15, 0.2) is 0 Å². The molecule has 3 rings (SSSR count). The van der Waals surface area contributed by atoms with Crippen LogP contribution in [-0.4, -0.2) is 25.5 Å². The number of ether oxygens (including phenoxy) is 1. The molecule has 3 aromatic rings. The Bertz CT molecular complexity index is 1010. The van der Waals surface area contributed by atoms with Crippen molar-refractivity contribution in [1.82, 2.24) is 0 Å². The van der Waals surface area contributed by atoms with E-state index in [-0.39, 0.29) is 18.4 Å². The second-order valence-corrected chi connectivity index (χ2v) is 6.52. The molecule has 0 unspecified atom stereocenters. The molecule has 0 aliphatic rings. The van der Waals surface area contributed by atoms with Crippen LogP contribution in [0, 0.1) is 0 Å². The Balaban J connectivity index is 1.63. The van der Waals surface area contributed by atoms with Gasteiger partial charge in [-0.2, -0.15) is 0 Å². The average molecular weight is 410 g/mol. The number of anilines is 3. The van der Waals surface area contributed by atoms with Crippen molar-refractivity contribution in [2.75, 3.05) is 29.6 Å². The van der Waals surface area contributed by atoms with E-state index in [0.29, 0.717) is 33.4 Å². The molecule has 0 bridgehead atoms. The van der Waals surface area contributed by atoms with Crippen molar-refractivity contribution in [3.05, 3.63) is 83.4 Å². The summed E-state index contributed by atoms with van der Waals surface area (Å²) in [5.41, 5.74) is 2.16. The molecule has 0 aromatic heterocycles. The lowest BCUT2D eigenvalue weighted by Gasteiger charge is -2.13. The van der Waals surface area contributed by atoms with Gasteiger partial charge in [0.2, 0.25) is 5.91 Å². The Morgan fingerprint density at radius 3 is 2.34 bits per heavy atom. The van der Waals surface area contributed by atoms with Crippen molar-refractivity contribution in [1.29, 1.82) is 0 Å². The zero-order valence-corrected chi connectivity index (χ0v) is 16.5. The maximum atomic E-state index is 12.6. The van der Waals surface area contributed by atoms with Gasteiger partial charge in [-0.15, -0.1) is 0 Å². The summed E-state index contributed by atoms with van der Waals surface area (Å²) < 4.78 is 5.11. The van der Waals surface area contributed by atoms with Crippen LogP contribution in [0.3, 0.4) is 0 Å². The number of para-hydroxylation sites is 2. The molecule has 6 nitrogen and oxygen atoms in total. The lowest BCUT2D eigenvalue weighted by Crippen LogP contribution is -2.24. The Kier molecular flexibility index (Phi) is 6.71. The van der Waals surface area contributed by atoms with Crippen molar-refractivity contribution in [3.63, 3.8) is 0 Å². The third-order valence-corrected chi connectivity index (χ3v) is 4.38. The summed E-state index contributed by atoms with van der Waals surface area (Å²) >= 11 is 6.09. The number of halogens is 1. The van der Waals surface area contributed by atoms with Crippen LogP contribution in [0.25, 0.3) is 0 Å². The Morgan fingerprint density at radius 1 is 0.897 bits per heavy atom. The minimum atomic E-state index is -0.304. The van der Waals surface area contributed by atoms with Gasteiger partial charge in [-0.3, -0.25) is 9.59 Å². The van der Waals surface area contributed by atoms with Gasteiger partial charge >= 0.3 is 0 Å². The normalized spacial score (nSPS) is 10.1. The fourth-order valence-corrected chi connectivity index (χ4v) is 2.92.